The van der Waals surface area contributed by atoms with Crippen molar-refractivity contribution >= 4 is 44.9 Å². The van der Waals surface area contributed by atoms with E-state index >= 15 is 0 Å². The molecule has 0 unspecified atom stereocenters. The number of carbonyl (C=O) groups is 1. The number of fused-ring (bicyclic) bond motifs is 3. The van der Waals surface area contributed by atoms with Crippen molar-refractivity contribution in [1.82, 2.24) is 9.97 Å². The Morgan fingerprint density at radius 3 is 2.96 bits per heavy atom. The minimum absolute atomic E-state index is 0.0568. The number of nitrogens with one attached hydrogen (secondary N) is 1. The zero-order valence-electron chi connectivity index (χ0n) is 14.7. The van der Waals surface area contributed by atoms with E-state index < -0.39 is 0 Å². The van der Waals surface area contributed by atoms with Crippen molar-refractivity contribution in [2.75, 3.05) is 5.32 Å². The van der Waals surface area contributed by atoms with Crippen LogP contribution in [-0.4, -0.2) is 15.9 Å². The molecule has 4 nitrogen and oxygen atoms in total. The van der Waals surface area contributed by atoms with Crippen LogP contribution in [0, 0.1) is 0 Å². The highest BCUT2D eigenvalue weighted by atomic mass is 32.2. The molecule has 0 saturated carbocycles. The van der Waals surface area contributed by atoms with Crippen molar-refractivity contribution in [1.29, 1.82) is 0 Å². The molecule has 3 aromatic rings. The van der Waals surface area contributed by atoms with Gasteiger partial charge in [0.15, 0.2) is 0 Å². The quantitative estimate of drug-likeness (QED) is 0.594. The number of aromatic nitrogens is 2. The number of para-hydroxylation sites is 1. The lowest BCUT2D eigenvalue weighted by Gasteiger charge is -2.13. The van der Waals surface area contributed by atoms with E-state index in [0.717, 1.165) is 39.7 Å². The minimum Gasteiger partial charge on any atom is -0.325 e. The number of benzene rings is 1. The smallest absolute Gasteiger partial charge is 0.224 e. The standard InChI is InChI=1S/C20H21N3OS2/c1-2-7-17(24)23-14-9-4-6-11-16(14)26-20-18-13-8-3-5-10-15(13)25-19(18)21-12-22-20/h4,6,9,11-12H,2-3,5,7-8,10H2,1H3,(H,23,24). The number of hydrogen-bond acceptors (Lipinski definition) is 5. The number of aryl methyl sites for hydroxylation is 2. The van der Waals surface area contributed by atoms with Crippen molar-refractivity contribution in [3.63, 3.8) is 0 Å². The summed E-state index contributed by atoms with van der Waals surface area (Å²) in [6.07, 6.45) is 7.81. The first-order valence-corrected chi connectivity index (χ1v) is 10.7. The average Bonchev–Trinajstić information content (AvgIpc) is 3.03. The Labute approximate surface area is 161 Å². The van der Waals surface area contributed by atoms with Gasteiger partial charge < -0.3 is 5.32 Å². The van der Waals surface area contributed by atoms with Crippen LogP contribution < -0.4 is 5.32 Å². The van der Waals surface area contributed by atoms with Crippen LogP contribution in [0.3, 0.4) is 0 Å². The Bertz CT molecular complexity index is 951. The second-order valence-electron chi connectivity index (χ2n) is 6.47. The first-order chi connectivity index (χ1) is 12.8. The fourth-order valence-corrected chi connectivity index (χ4v) is 5.64. The van der Waals surface area contributed by atoms with Crippen molar-refractivity contribution < 1.29 is 4.79 Å². The molecule has 0 spiro atoms. The van der Waals surface area contributed by atoms with Crippen molar-refractivity contribution in [2.24, 2.45) is 0 Å². The van der Waals surface area contributed by atoms with Gasteiger partial charge in [0.25, 0.3) is 0 Å². The molecular weight excluding hydrogens is 362 g/mol. The largest absolute Gasteiger partial charge is 0.325 e. The Balaban J connectivity index is 1.70. The molecule has 2 aromatic heterocycles. The molecule has 4 rings (SSSR count). The maximum atomic E-state index is 12.0. The SMILES string of the molecule is CCCC(=O)Nc1ccccc1Sc1ncnc2sc3c(c12)CCCC3. The van der Waals surface area contributed by atoms with Gasteiger partial charge in [-0.1, -0.05) is 30.8 Å². The monoisotopic (exact) mass is 383 g/mol. The second-order valence-corrected chi connectivity index (χ2v) is 8.58. The summed E-state index contributed by atoms with van der Waals surface area (Å²) in [6, 6.07) is 7.95. The van der Waals surface area contributed by atoms with Crippen molar-refractivity contribution in [3.05, 3.63) is 41.0 Å². The summed E-state index contributed by atoms with van der Waals surface area (Å²) in [5, 5.41) is 5.24. The third-order valence-electron chi connectivity index (χ3n) is 4.56. The lowest BCUT2D eigenvalue weighted by molar-refractivity contribution is -0.116. The van der Waals surface area contributed by atoms with E-state index in [1.165, 1.54) is 28.7 Å². The van der Waals surface area contributed by atoms with Gasteiger partial charge >= 0.3 is 0 Å². The number of rotatable bonds is 5. The summed E-state index contributed by atoms with van der Waals surface area (Å²) in [4.78, 5) is 24.7. The van der Waals surface area contributed by atoms with Crippen LogP contribution in [0.15, 0.2) is 40.5 Å². The van der Waals surface area contributed by atoms with E-state index in [1.54, 1.807) is 18.1 Å². The molecule has 0 aliphatic heterocycles. The van der Waals surface area contributed by atoms with Gasteiger partial charge in [0.2, 0.25) is 5.91 Å². The average molecular weight is 384 g/mol. The molecule has 0 radical (unpaired) electrons. The van der Waals surface area contributed by atoms with E-state index in [9.17, 15) is 4.79 Å². The maximum Gasteiger partial charge on any atom is 0.224 e. The lowest BCUT2D eigenvalue weighted by Crippen LogP contribution is -2.11. The van der Waals surface area contributed by atoms with Gasteiger partial charge in [-0.2, -0.15) is 0 Å². The van der Waals surface area contributed by atoms with E-state index in [-0.39, 0.29) is 5.91 Å². The van der Waals surface area contributed by atoms with Crippen molar-refractivity contribution in [3.8, 4) is 0 Å². The fourth-order valence-electron chi connectivity index (χ4n) is 3.34. The number of thiophene rings is 1. The molecular formula is C20H21N3OS2. The summed E-state index contributed by atoms with van der Waals surface area (Å²) >= 11 is 3.43. The Morgan fingerprint density at radius 2 is 2.08 bits per heavy atom. The van der Waals surface area contributed by atoms with Crippen LogP contribution in [0.25, 0.3) is 10.2 Å². The van der Waals surface area contributed by atoms with Crippen molar-refractivity contribution in [2.45, 2.75) is 55.4 Å². The molecule has 1 aromatic carbocycles. The molecule has 1 aliphatic carbocycles. The molecule has 1 amide bonds. The molecule has 0 bridgehead atoms. The van der Waals surface area contributed by atoms with Gasteiger partial charge in [-0.05, 0) is 49.8 Å². The highest BCUT2D eigenvalue weighted by Gasteiger charge is 2.20. The summed E-state index contributed by atoms with van der Waals surface area (Å²) in [5.41, 5.74) is 2.29. The van der Waals surface area contributed by atoms with Crippen LogP contribution in [0.2, 0.25) is 0 Å². The van der Waals surface area contributed by atoms with Gasteiger partial charge in [0, 0.05) is 21.6 Å². The zero-order valence-corrected chi connectivity index (χ0v) is 16.4. The number of nitrogens with zero attached hydrogens (tertiary/aromatic N) is 2. The number of anilines is 1. The topological polar surface area (TPSA) is 54.9 Å². The number of amides is 1. The fraction of sp³-hybridized carbons (Fsp3) is 0.350. The normalized spacial score (nSPS) is 13.6. The number of carbonyl (C=O) groups excluding carboxylic acids is 1. The lowest BCUT2D eigenvalue weighted by atomic mass is 9.97. The predicted octanol–water partition coefficient (Wildman–Crippen LogP) is 5.46. The molecule has 1 N–H and O–H groups in total. The molecule has 1 aliphatic rings. The molecule has 0 fully saturated rings. The van der Waals surface area contributed by atoms with Crippen LogP contribution in [-0.2, 0) is 17.6 Å². The predicted molar refractivity (Wildman–Crippen MR) is 108 cm³/mol. The van der Waals surface area contributed by atoms with Crippen LogP contribution >= 0.6 is 23.1 Å². The van der Waals surface area contributed by atoms with E-state index in [2.05, 4.69) is 15.3 Å². The van der Waals surface area contributed by atoms with E-state index in [0.29, 0.717) is 6.42 Å². The van der Waals surface area contributed by atoms with Crippen LogP contribution in [0.1, 0.15) is 43.0 Å². The van der Waals surface area contributed by atoms with Gasteiger partial charge in [-0.3, -0.25) is 4.79 Å². The molecule has 0 saturated heterocycles. The number of hydrogen-bond donors (Lipinski definition) is 1. The van der Waals surface area contributed by atoms with Gasteiger partial charge in [-0.15, -0.1) is 11.3 Å². The molecule has 6 heteroatoms. The van der Waals surface area contributed by atoms with Gasteiger partial charge in [0.1, 0.15) is 16.2 Å². The molecule has 26 heavy (non-hydrogen) atoms. The zero-order chi connectivity index (χ0) is 17.9. The Morgan fingerprint density at radius 1 is 1.23 bits per heavy atom. The molecule has 0 atom stereocenters. The summed E-state index contributed by atoms with van der Waals surface area (Å²) < 4.78 is 0. The highest BCUT2D eigenvalue weighted by molar-refractivity contribution is 7.99. The van der Waals surface area contributed by atoms with E-state index in [1.807, 2.05) is 42.5 Å². The maximum absolute atomic E-state index is 12.0. The highest BCUT2D eigenvalue weighted by Crippen LogP contribution is 2.42. The molecule has 134 valence electrons. The second kappa shape index (κ2) is 7.76. The third-order valence-corrected chi connectivity index (χ3v) is 6.84. The van der Waals surface area contributed by atoms with E-state index in [4.69, 9.17) is 0 Å². The Kier molecular flexibility index (Phi) is 5.22. The van der Waals surface area contributed by atoms with Crippen LogP contribution in [0.4, 0.5) is 5.69 Å². The van der Waals surface area contributed by atoms with Crippen LogP contribution in [0.5, 0.6) is 0 Å². The summed E-state index contributed by atoms with van der Waals surface area (Å²) in [6.45, 7) is 2.01. The summed E-state index contributed by atoms with van der Waals surface area (Å²) in [5.74, 6) is 0.0568. The summed E-state index contributed by atoms with van der Waals surface area (Å²) in [7, 11) is 0. The third kappa shape index (κ3) is 3.48. The van der Waals surface area contributed by atoms with Gasteiger partial charge in [0.05, 0.1) is 5.69 Å². The molecule has 2 heterocycles. The first-order valence-electron chi connectivity index (χ1n) is 9.08. The Hall–Kier alpha value is -1.92. The van der Waals surface area contributed by atoms with Gasteiger partial charge in [-0.25, -0.2) is 9.97 Å². The minimum atomic E-state index is 0.0568. The first kappa shape index (κ1) is 17.5.